The largest absolute Gasteiger partial charge is 0.264 e. The van der Waals surface area contributed by atoms with Gasteiger partial charge in [0, 0.05) is 18.0 Å². The van der Waals surface area contributed by atoms with Gasteiger partial charge in [-0.05, 0) is 23.8 Å². The van der Waals surface area contributed by atoms with Crippen LogP contribution in [0.1, 0.15) is 5.56 Å². The van der Waals surface area contributed by atoms with Crippen molar-refractivity contribution in [3.8, 4) is 17.3 Å². The molecule has 0 aromatic carbocycles. The maximum atomic E-state index is 13.0. The smallest absolute Gasteiger partial charge is 0.141 e. The van der Waals surface area contributed by atoms with Gasteiger partial charge in [0.05, 0.1) is 24.4 Å². The number of nitriles is 1. The van der Waals surface area contributed by atoms with Gasteiger partial charge >= 0.3 is 0 Å². The van der Waals surface area contributed by atoms with Crippen LogP contribution in [0.25, 0.3) is 11.3 Å². The molecule has 2 heterocycles. The van der Waals surface area contributed by atoms with E-state index in [1.807, 2.05) is 12.1 Å². The van der Waals surface area contributed by atoms with Crippen LogP contribution in [0, 0.1) is 17.1 Å². The minimum absolute atomic E-state index is 0.134. The zero-order chi connectivity index (χ0) is 11.4. The number of rotatable bonds is 2. The van der Waals surface area contributed by atoms with Gasteiger partial charge in [-0.3, -0.25) is 9.97 Å². The number of halogens is 1. The lowest BCUT2D eigenvalue weighted by atomic mass is 10.1. The monoisotopic (exact) mass is 213 g/mol. The number of nitrogens with zero attached hydrogens (tertiary/aromatic N) is 3. The predicted octanol–water partition coefficient (Wildman–Crippen LogP) is 2.35. The second kappa shape index (κ2) is 4.49. The molecule has 4 heteroatoms. The Balaban J connectivity index is 2.53. The van der Waals surface area contributed by atoms with Crippen molar-refractivity contribution >= 4 is 0 Å². The Morgan fingerprint density at radius 1 is 1.38 bits per heavy atom. The molecule has 2 rings (SSSR count). The van der Waals surface area contributed by atoms with Crippen LogP contribution in [0.4, 0.5) is 4.39 Å². The van der Waals surface area contributed by atoms with Crippen molar-refractivity contribution in [2.24, 2.45) is 0 Å². The molecule has 16 heavy (non-hydrogen) atoms. The van der Waals surface area contributed by atoms with Crippen molar-refractivity contribution in [3.63, 3.8) is 0 Å². The third-order valence-electron chi connectivity index (χ3n) is 2.14. The number of hydrogen-bond donors (Lipinski definition) is 0. The van der Waals surface area contributed by atoms with E-state index in [-0.39, 0.29) is 6.42 Å². The zero-order valence-electron chi connectivity index (χ0n) is 8.39. The Labute approximate surface area is 92.2 Å². The Morgan fingerprint density at radius 3 is 2.94 bits per heavy atom. The van der Waals surface area contributed by atoms with Crippen LogP contribution in [-0.2, 0) is 6.42 Å². The van der Waals surface area contributed by atoms with Crippen LogP contribution >= 0.6 is 0 Å². The molecule has 0 aliphatic heterocycles. The fourth-order valence-corrected chi connectivity index (χ4v) is 1.46. The average Bonchev–Trinajstić information content (AvgIpc) is 2.31. The topological polar surface area (TPSA) is 49.6 Å². The van der Waals surface area contributed by atoms with E-state index in [4.69, 9.17) is 5.26 Å². The molecule has 3 nitrogen and oxygen atoms in total. The summed E-state index contributed by atoms with van der Waals surface area (Å²) in [4.78, 5) is 7.97. The van der Waals surface area contributed by atoms with Crippen LogP contribution in [0.2, 0.25) is 0 Å². The highest BCUT2D eigenvalue weighted by Gasteiger charge is 2.07. The minimum Gasteiger partial charge on any atom is -0.264 e. The van der Waals surface area contributed by atoms with Gasteiger partial charge in [-0.2, -0.15) is 5.26 Å². The lowest BCUT2D eigenvalue weighted by Crippen LogP contribution is -1.94. The molecule has 0 aliphatic rings. The standard InChI is InChI=1S/C12H8FN3/c13-11-6-9(3-4-14)12(16-8-11)10-2-1-5-15-7-10/h1-2,5-8H,3H2. The van der Waals surface area contributed by atoms with Crippen LogP contribution in [0.5, 0.6) is 0 Å². The Bertz CT molecular complexity index is 532. The number of hydrogen-bond acceptors (Lipinski definition) is 3. The maximum Gasteiger partial charge on any atom is 0.141 e. The van der Waals surface area contributed by atoms with E-state index >= 15 is 0 Å². The molecule has 2 aromatic heterocycles. The fourth-order valence-electron chi connectivity index (χ4n) is 1.46. The molecular weight excluding hydrogens is 205 g/mol. The Morgan fingerprint density at radius 2 is 2.25 bits per heavy atom. The van der Waals surface area contributed by atoms with E-state index in [1.165, 1.54) is 6.07 Å². The summed E-state index contributed by atoms with van der Waals surface area (Å²) in [6, 6.07) is 6.93. The Kier molecular flexibility index (Phi) is 2.88. The second-order valence-electron chi connectivity index (χ2n) is 3.24. The summed E-state index contributed by atoms with van der Waals surface area (Å²) >= 11 is 0. The molecular formula is C12H8FN3. The quantitative estimate of drug-likeness (QED) is 0.769. The number of pyridine rings is 2. The molecule has 0 saturated carbocycles. The first-order chi connectivity index (χ1) is 7.81. The van der Waals surface area contributed by atoms with E-state index < -0.39 is 5.82 Å². The summed E-state index contributed by atoms with van der Waals surface area (Å²) in [5.41, 5.74) is 1.97. The average molecular weight is 213 g/mol. The molecule has 0 N–H and O–H groups in total. The summed E-state index contributed by atoms with van der Waals surface area (Å²) in [6.45, 7) is 0. The third kappa shape index (κ3) is 2.04. The highest BCUT2D eigenvalue weighted by Crippen LogP contribution is 2.21. The first-order valence-electron chi connectivity index (χ1n) is 4.73. The third-order valence-corrected chi connectivity index (χ3v) is 2.14. The van der Waals surface area contributed by atoms with Crippen molar-refractivity contribution in [2.75, 3.05) is 0 Å². The van der Waals surface area contributed by atoms with Crippen LogP contribution in [-0.4, -0.2) is 9.97 Å². The lowest BCUT2D eigenvalue weighted by Gasteiger charge is -2.05. The van der Waals surface area contributed by atoms with Gasteiger partial charge in [0.15, 0.2) is 0 Å². The highest BCUT2D eigenvalue weighted by molar-refractivity contribution is 5.62. The maximum absolute atomic E-state index is 13.0. The molecule has 0 radical (unpaired) electrons. The second-order valence-corrected chi connectivity index (χ2v) is 3.24. The van der Waals surface area contributed by atoms with Crippen molar-refractivity contribution in [1.82, 2.24) is 9.97 Å². The molecule has 0 amide bonds. The van der Waals surface area contributed by atoms with Gasteiger partial charge in [0.1, 0.15) is 5.82 Å². The molecule has 0 spiro atoms. The molecule has 0 aliphatic carbocycles. The van der Waals surface area contributed by atoms with Crippen LogP contribution in [0.3, 0.4) is 0 Å². The van der Waals surface area contributed by atoms with E-state index in [9.17, 15) is 4.39 Å². The molecule has 0 saturated heterocycles. The van der Waals surface area contributed by atoms with E-state index in [0.29, 0.717) is 11.3 Å². The predicted molar refractivity (Wildman–Crippen MR) is 56.7 cm³/mol. The summed E-state index contributed by atoms with van der Waals surface area (Å²) in [7, 11) is 0. The van der Waals surface area contributed by atoms with Gasteiger partial charge in [0.2, 0.25) is 0 Å². The molecule has 0 fully saturated rings. The first kappa shape index (κ1) is 10.2. The van der Waals surface area contributed by atoms with Crippen molar-refractivity contribution in [2.45, 2.75) is 6.42 Å². The molecule has 2 aromatic rings. The Hall–Kier alpha value is -2.28. The highest BCUT2D eigenvalue weighted by atomic mass is 19.1. The number of aromatic nitrogens is 2. The van der Waals surface area contributed by atoms with Gasteiger partial charge in [-0.15, -0.1) is 0 Å². The van der Waals surface area contributed by atoms with Crippen molar-refractivity contribution in [3.05, 3.63) is 48.2 Å². The normalized spacial score (nSPS) is 9.75. The van der Waals surface area contributed by atoms with Crippen LogP contribution in [0.15, 0.2) is 36.8 Å². The fraction of sp³-hybridized carbons (Fsp3) is 0.0833. The summed E-state index contributed by atoms with van der Waals surface area (Å²) in [6.07, 6.45) is 4.57. The van der Waals surface area contributed by atoms with Gasteiger partial charge in [0.25, 0.3) is 0 Å². The van der Waals surface area contributed by atoms with Crippen molar-refractivity contribution < 1.29 is 4.39 Å². The molecule has 0 atom stereocenters. The van der Waals surface area contributed by atoms with E-state index in [1.54, 1.807) is 18.5 Å². The lowest BCUT2D eigenvalue weighted by molar-refractivity contribution is 0.620. The van der Waals surface area contributed by atoms with Crippen LogP contribution < -0.4 is 0 Å². The van der Waals surface area contributed by atoms with E-state index in [0.717, 1.165) is 11.8 Å². The van der Waals surface area contributed by atoms with Gasteiger partial charge < -0.3 is 0 Å². The first-order valence-corrected chi connectivity index (χ1v) is 4.73. The SMILES string of the molecule is N#CCc1cc(F)cnc1-c1cccnc1. The van der Waals surface area contributed by atoms with E-state index in [2.05, 4.69) is 9.97 Å². The summed E-state index contributed by atoms with van der Waals surface area (Å²) < 4.78 is 13.0. The molecule has 0 bridgehead atoms. The van der Waals surface area contributed by atoms with Crippen molar-refractivity contribution in [1.29, 1.82) is 5.26 Å². The summed E-state index contributed by atoms with van der Waals surface area (Å²) in [5.74, 6) is -0.433. The minimum atomic E-state index is -0.433. The summed E-state index contributed by atoms with van der Waals surface area (Å²) in [5, 5.41) is 8.67. The van der Waals surface area contributed by atoms with Gasteiger partial charge in [-0.25, -0.2) is 4.39 Å². The molecule has 0 unspecified atom stereocenters. The molecule has 78 valence electrons. The zero-order valence-corrected chi connectivity index (χ0v) is 8.39. The van der Waals surface area contributed by atoms with Gasteiger partial charge in [-0.1, -0.05) is 0 Å².